The summed E-state index contributed by atoms with van der Waals surface area (Å²) in [5.74, 6) is -40.0. The Bertz CT molecular complexity index is 748. The molecule has 0 aromatic rings. The molecule has 0 amide bonds. The van der Waals surface area contributed by atoms with Crippen molar-refractivity contribution in [3.63, 3.8) is 0 Å². The van der Waals surface area contributed by atoms with Gasteiger partial charge in [-0.2, -0.15) is 57.1 Å². The first-order chi connectivity index (χ1) is 13.7. The van der Waals surface area contributed by atoms with E-state index in [0.29, 0.717) is 0 Å². The van der Waals surface area contributed by atoms with Gasteiger partial charge in [0.1, 0.15) is 0 Å². The highest BCUT2D eigenvalue weighted by atomic mass is 19.4. The minimum Gasteiger partial charge on any atom is -0.465 e. The molecule has 0 aromatic heterocycles. The van der Waals surface area contributed by atoms with Gasteiger partial charge in [0, 0.05) is 0 Å². The van der Waals surface area contributed by atoms with Gasteiger partial charge in [0.2, 0.25) is 0 Å². The molecule has 0 heterocycles. The molecular weight excluding hydrogens is 471 g/mol. The van der Waals surface area contributed by atoms with Gasteiger partial charge in [-0.1, -0.05) is 24.3 Å². The first-order valence-electron chi connectivity index (χ1n) is 8.21. The maximum absolute atomic E-state index is 13.6. The third-order valence-electron chi connectivity index (χ3n) is 4.84. The number of carbonyl (C=O) groups excluding carboxylic acids is 1. The van der Waals surface area contributed by atoms with Gasteiger partial charge in [-0.25, -0.2) is 0 Å². The van der Waals surface area contributed by atoms with E-state index in [1.807, 2.05) is 0 Å². The molecule has 0 aliphatic heterocycles. The van der Waals surface area contributed by atoms with Crippen molar-refractivity contribution in [2.75, 3.05) is 6.61 Å². The van der Waals surface area contributed by atoms with Gasteiger partial charge in [-0.15, -0.1) is 0 Å². The molecule has 0 saturated heterocycles. The Balaban J connectivity index is 2.11. The second kappa shape index (κ2) is 7.29. The zero-order valence-corrected chi connectivity index (χ0v) is 14.7. The number of alkyl halides is 13. The minimum atomic E-state index is -7.94. The zero-order valence-electron chi connectivity index (χ0n) is 14.7. The lowest BCUT2D eigenvalue weighted by Crippen LogP contribution is -2.70. The SMILES string of the molecule is O=C(OCCC(F)(F)C(F)(F)C(F)(F)C(F)(F)C(F)(F)C(F)(F)F)C1C2C=CC=CC21. The standard InChI is InChI=1S/C16H11F13O2/c17-11(18,5-6-31-10(30)9-7-3-1-2-4-8(7)9)12(19,20)13(21,22)14(23,24)15(25,26)16(27,28)29/h1-4,7-9H,5-6H2. The van der Waals surface area contributed by atoms with Crippen LogP contribution in [0.2, 0.25) is 0 Å². The Morgan fingerprint density at radius 3 is 1.52 bits per heavy atom. The normalized spacial score (nSPS) is 24.7. The summed E-state index contributed by atoms with van der Waals surface area (Å²) in [5, 5.41) is 0. The van der Waals surface area contributed by atoms with Gasteiger partial charge < -0.3 is 4.74 Å². The van der Waals surface area contributed by atoms with Gasteiger partial charge in [0.15, 0.2) is 0 Å². The molecule has 2 aliphatic carbocycles. The molecule has 1 saturated carbocycles. The Kier molecular flexibility index (Phi) is 5.95. The van der Waals surface area contributed by atoms with Crippen molar-refractivity contribution in [2.45, 2.75) is 42.2 Å². The molecular formula is C16H11F13O2. The van der Waals surface area contributed by atoms with Crippen molar-refractivity contribution in [1.82, 2.24) is 0 Å². The Hall–Kier alpha value is -1.96. The number of hydrogen-bond donors (Lipinski definition) is 0. The maximum Gasteiger partial charge on any atom is 0.460 e. The van der Waals surface area contributed by atoms with Crippen LogP contribution in [0.1, 0.15) is 6.42 Å². The lowest BCUT2D eigenvalue weighted by Gasteiger charge is -2.39. The summed E-state index contributed by atoms with van der Waals surface area (Å²) in [5.41, 5.74) is 0. The summed E-state index contributed by atoms with van der Waals surface area (Å²) in [6.45, 7) is -1.72. The molecule has 2 nitrogen and oxygen atoms in total. The molecule has 0 bridgehead atoms. The van der Waals surface area contributed by atoms with Gasteiger partial charge in [0.25, 0.3) is 0 Å². The van der Waals surface area contributed by atoms with Crippen molar-refractivity contribution < 1.29 is 66.6 Å². The summed E-state index contributed by atoms with van der Waals surface area (Å²) in [6, 6.07) is 0. The molecule has 2 aliphatic rings. The van der Waals surface area contributed by atoms with Gasteiger partial charge in [0.05, 0.1) is 18.9 Å². The van der Waals surface area contributed by atoms with Gasteiger partial charge in [-0.05, 0) is 11.8 Å². The molecule has 0 spiro atoms. The second-order valence-corrected chi connectivity index (χ2v) is 6.87. The zero-order chi connectivity index (χ0) is 24.3. The fourth-order valence-corrected chi connectivity index (χ4v) is 2.89. The van der Waals surface area contributed by atoms with Crippen LogP contribution < -0.4 is 0 Å². The topological polar surface area (TPSA) is 26.3 Å². The quantitative estimate of drug-likeness (QED) is 0.331. The number of fused-ring (bicyclic) bond motifs is 1. The summed E-state index contributed by atoms with van der Waals surface area (Å²) < 4.78 is 173. The first-order valence-corrected chi connectivity index (χ1v) is 8.21. The van der Waals surface area contributed by atoms with Crippen LogP contribution in [0.25, 0.3) is 0 Å². The smallest absolute Gasteiger partial charge is 0.460 e. The van der Waals surface area contributed by atoms with E-state index in [2.05, 4.69) is 4.74 Å². The summed E-state index contributed by atoms with van der Waals surface area (Å²) >= 11 is 0. The predicted octanol–water partition coefficient (Wildman–Crippen LogP) is 5.65. The predicted molar refractivity (Wildman–Crippen MR) is 75.1 cm³/mol. The monoisotopic (exact) mass is 482 g/mol. The van der Waals surface area contributed by atoms with E-state index in [4.69, 9.17) is 0 Å². The van der Waals surface area contributed by atoms with E-state index in [0.717, 1.165) is 0 Å². The van der Waals surface area contributed by atoms with Crippen LogP contribution in [-0.2, 0) is 9.53 Å². The molecule has 178 valence electrons. The lowest BCUT2D eigenvalue weighted by atomic mass is 9.93. The number of carbonyl (C=O) groups is 1. The van der Waals surface area contributed by atoms with Crippen molar-refractivity contribution in [3.05, 3.63) is 24.3 Å². The lowest BCUT2D eigenvalue weighted by molar-refractivity contribution is -0.440. The van der Waals surface area contributed by atoms with Crippen molar-refractivity contribution in [1.29, 1.82) is 0 Å². The van der Waals surface area contributed by atoms with Crippen LogP contribution in [0.5, 0.6) is 0 Å². The molecule has 0 N–H and O–H groups in total. The van der Waals surface area contributed by atoms with E-state index in [1.165, 1.54) is 24.3 Å². The average Bonchev–Trinajstić information content (AvgIpc) is 3.34. The number of halogens is 13. The van der Waals surface area contributed by atoms with Crippen LogP contribution in [0, 0.1) is 17.8 Å². The highest BCUT2D eigenvalue weighted by Crippen LogP contribution is 2.60. The summed E-state index contributed by atoms with van der Waals surface area (Å²) in [7, 11) is 0. The fraction of sp³-hybridized carbons (Fsp3) is 0.688. The number of ether oxygens (including phenoxy) is 1. The van der Waals surface area contributed by atoms with Gasteiger partial charge >= 0.3 is 41.8 Å². The summed E-state index contributed by atoms with van der Waals surface area (Å²) in [4.78, 5) is 11.7. The van der Waals surface area contributed by atoms with Crippen molar-refractivity contribution in [3.8, 4) is 0 Å². The summed E-state index contributed by atoms with van der Waals surface area (Å²) in [6.07, 6.45) is -3.89. The molecule has 15 heteroatoms. The molecule has 2 atom stereocenters. The van der Waals surface area contributed by atoms with E-state index in [9.17, 15) is 61.9 Å². The molecule has 2 unspecified atom stereocenters. The van der Waals surface area contributed by atoms with E-state index in [-0.39, 0.29) is 11.8 Å². The Morgan fingerprint density at radius 1 is 0.677 bits per heavy atom. The Labute approximate surface area is 164 Å². The van der Waals surface area contributed by atoms with Crippen LogP contribution in [0.3, 0.4) is 0 Å². The number of rotatable bonds is 8. The van der Waals surface area contributed by atoms with Crippen LogP contribution in [-0.4, -0.2) is 48.4 Å². The van der Waals surface area contributed by atoms with Crippen LogP contribution >= 0.6 is 0 Å². The average molecular weight is 482 g/mol. The largest absolute Gasteiger partial charge is 0.465 e. The molecule has 1 fully saturated rings. The fourth-order valence-electron chi connectivity index (χ4n) is 2.89. The number of allylic oxidation sites excluding steroid dienone is 4. The van der Waals surface area contributed by atoms with Crippen molar-refractivity contribution >= 4 is 5.97 Å². The molecule has 0 aromatic carbocycles. The second-order valence-electron chi connectivity index (χ2n) is 6.87. The highest BCUT2D eigenvalue weighted by Gasteiger charge is 2.90. The van der Waals surface area contributed by atoms with E-state index >= 15 is 0 Å². The number of hydrogen-bond acceptors (Lipinski definition) is 2. The van der Waals surface area contributed by atoms with E-state index < -0.39 is 60.7 Å². The first kappa shape index (κ1) is 25.3. The number of esters is 1. The molecule has 0 radical (unpaired) electrons. The Morgan fingerprint density at radius 2 is 1.10 bits per heavy atom. The third kappa shape index (κ3) is 3.77. The van der Waals surface area contributed by atoms with Crippen LogP contribution in [0.15, 0.2) is 24.3 Å². The van der Waals surface area contributed by atoms with Crippen molar-refractivity contribution in [2.24, 2.45) is 17.8 Å². The van der Waals surface area contributed by atoms with Gasteiger partial charge in [-0.3, -0.25) is 4.79 Å². The minimum absolute atomic E-state index is 0.382. The highest BCUT2D eigenvalue weighted by molar-refractivity contribution is 5.78. The molecule has 2 rings (SSSR count). The molecule has 31 heavy (non-hydrogen) atoms. The third-order valence-corrected chi connectivity index (χ3v) is 4.84. The van der Waals surface area contributed by atoms with Crippen LogP contribution in [0.4, 0.5) is 57.1 Å². The maximum atomic E-state index is 13.6. The van der Waals surface area contributed by atoms with E-state index in [1.54, 1.807) is 0 Å².